The number of carboxylic acids is 1. The second kappa shape index (κ2) is 21.8. The summed E-state index contributed by atoms with van der Waals surface area (Å²) in [5.74, 6) is -1.53. The monoisotopic (exact) mass is 889 g/mol. The number of phenolic OH excluding ortho intramolecular Hbond substituents is 1. The number of nitrogen functional groups attached to an aromatic ring is 1. The van der Waals surface area contributed by atoms with Crippen molar-refractivity contribution in [1.29, 1.82) is 0 Å². The molecule has 0 saturated heterocycles. The molecule has 4 aromatic rings. The number of nitrogens with zero attached hydrogens (tertiary/aromatic N) is 1. The van der Waals surface area contributed by atoms with Crippen LogP contribution in [0.4, 0.5) is 5.82 Å². The Labute approximate surface area is 386 Å². The first-order chi connectivity index (χ1) is 31.2. The SMILES string of the molecule is CCCCCC1C=CC(CCCCC2CCC(c3ccc(-c4cc(O)cc([O-])c4Cc4ccc(C(C)C)cc4)[nH]3)C3CC(Cc4ccnc(N)c4)CC3(O)CCC(O)C2C(=O)O)C(O)C1. The third-order valence-corrected chi connectivity index (χ3v) is 15.5. The largest absolute Gasteiger partial charge is 0.872 e. The van der Waals surface area contributed by atoms with Gasteiger partial charge in [-0.3, -0.25) is 4.79 Å². The molecule has 10 heteroatoms. The number of carboxylic acid groups (broad SMARTS) is 1. The van der Waals surface area contributed by atoms with Crippen molar-refractivity contribution in [1.82, 2.24) is 9.97 Å². The van der Waals surface area contributed by atoms with Crippen LogP contribution in [0.25, 0.3) is 11.3 Å². The van der Waals surface area contributed by atoms with E-state index in [9.17, 15) is 35.4 Å². The van der Waals surface area contributed by atoms with Gasteiger partial charge in [0.1, 0.15) is 11.6 Å². The molecule has 10 atom stereocenters. The van der Waals surface area contributed by atoms with Gasteiger partial charge in [-0.05, 0) is 165 Å². The Balaban J connectivity index is 1.16. The van der Waals surface area contributed by atoms with Crippen molar-refractivity contribution in [2.75, 3.05) is 5.73 Å². The normalized spacial score (nSPS) is 28.3. The maximum Gasteiger partial charge on any atom is 0.309 e. The molecular weight excluding hydrogens is 815 g/mol. The van der Waals surface area contributed by atoms with Gasteiger partial charge in [0.25, 0.3) is 0 Å². The second-order valence-electron chi connectivity index (χ2n) is 20.5. The lowest BCUT2D eigenvalue weighted by Gasteiger charge is -2.39. The molecule has 7 rings (SSSR count). The summed E-state index contributed by atoms with van der Waals surface area (Å²) < 4.78 is 0. The molecule has 2 heterocycles. The van der Waals surface area contributed by atoms with Gasteiger partial charge < -0.3 is 41.4 Å². The number of hydrogen-bond donors (Lipinski definition) is 7. The number of aromatic amines is 1. The van der Waals surface area contributed by atoms with Crippen molar-refractivity contribution < 1.29 is 35.4 Å². The number of aliphatic carboxylic acids is 1. The standard InChI is InChI=1S/C55H75N3O7/c1-4-5-6-9-35-14-17-40(50(61)29-35)10-7-8-11-41-18-19-43(46-28-38(26-37-23-25-57-52(56)30-37)33-55(46,65)24-22-49(60)53(41)54(63)64)47-20-21-48(58-47)44-31-42(59)32-51(62)45(44)27-36-12-15-39(16-13-36)34(2)3/h12-17,20-21,23,25,30-32,34-35,38,40-41,43,46,49-50,53,58-62,65H,4-11,18-19,22,24,26-29,33H2,1-3H3,(H2,56,57)(H,63,64)/p-1. The van der Waals surface area contributed by atoms with Crippen LogP contribution in [0.15, 0.2) is 79.0 Å². The molecule has 0 bridgehead atoms. The lowest BCUT2D eigenvalue weighted by Crippen LogP contribution is -2.42. The lowest BCUT2D eigenvalue weighted by atomic mass is 9.69. The van der Waals surface area contributed by atoms with Crippen molar-refractivity contribution >= 4 is 11.8 Å². The van der Waals surface area contributed by atoms with Crippen LogP contribution in [-0.2, 0) is 17.6 Å². The van der Waals surface area contributed by atoms with E-state index in [2.05, 4.69) is 67.2 Å². The van der Waals surface area contributed by atoms with E-state index >= 15 is 0 Å². The Bertz CT molecular complexity index is 2200. The van der Waals surface area contributed by atoms with Crippen LogP contribution in [0.2, 0.25) is 0 Å². The number of carbonyl (C=O) groups is 1. The molecule has 0 spiro atoms. The minimum atomic E-state index is -1.17. The lowest BCUT2D eigenvalue weighted by molar-refractivity contribution is -0.269. The van der Waals surface area contributed by atoms with Crippen LogP contribution >= 0.6 is 0 Å². The van der Waals surface area contributed by atoms with E-state index in [4.69, 9.17) is 5.73 Å². The molecule has 0 aliphatic heterocycles. The highest BCUT2D eigenvalue weighted by Gasteiger charge is 2.51. The van der Waals surface area contributed by atoms with Gasteiger partial charge in [-0.25, -0.2) is 4.98 Å². The summed E-state index contributed by atoms with van der Waals surface area (Å²) in [6.45, 7) is 6.50. The summed E-state index contributed by atoms with van der Waals surface area (Å²) in [6.07, 6.45) is 17.3. The molecular formula is C55H74N3O7-. The Morgan fingerprint density at radius 2 is 1.68 bits per heavy atom. The average molecular weight is 889 g/mol. The number of aromatic hydroxyl groups is 1. The predicted octanol–water partition coefficient (Wildman–Crippen LogP) is 10.2. The second-order valence-corrected chi connectivity index (χ2v) is 20.5. The van der Waals surface area contributed by atoms with Crippen LogP contribution in [-0.4, -0.2) is 59.3 Å². The molecule has 2 fully saturated rings. The molecule has 2 aromatic heterocycles. The molecule has 3 aliphatic rings. The molecule has 65 heavy (non-hydrogen) atoms. The van der Waals surface area contributed by atoms with Gasteiger partial charge in [-0.15, -0.1) is 5.75 Å². The van der Waals surface area contributed by atoms with E-state index in [1.165, 1.54) is 30.9 Å². The molecule has 0 radical (unpaired) electrons. The van der Waals surface area contributed by atoms with E-state index in [-0.39, 0.29) is 60.0 Å². The van der Waals surface area contributed by atoms with Crippen LogP contribution in [0.5, 0.6) is 11.5 Å². The Morgan fingerprint density at radius 3 is 2.40 bits per heavy atom. The van der Waals surface area contributed by atoms with E-state index in [0.29, 0.717) is 73.0 Å². The number of anilines is 1. The van der Waals surface area contributed by atoms with Gasteiger partial charge in [-0.2, -0.15) is 0 Å². The van der Waals surface area contributed by atoms with Crippen LogP contribution in [0.3, 0.4) is 0 Å². The fourth-order valence-electron chi connectivity index (χ4n) is 12.0. The van der Waals surface area contributed by atoms with Crippen molar-refractivity contribution in [3.8, 4) is 22.8 Å². The van der Waals surface area contributed by atoms with Crippen LogP contribution in [0.1, 0.15) is 157 Å². The zero-order valence-corrected chi connectivity index (χ0v) is 38.9. The molecule has 8 N–H and O–H groups in total. The van der Waals surface area contributed by atoms with E-state index < -0.39 is 23.6 Å². The quantitative estimate of drug-likeness (QED) is 0.0399. The number of aromatic nitrogens is 2. The maximum atomic E-state index is 13.6. The smallest absolute Gasteiger partial charge is 0.309 e. The van der Waals surface area contributed by atoms with E-state index in [1.807, 2.05) is 24.3 Å². The number of benzene rings is 2. The number of nitrogens with one attached hydrogen (secondary N) is 1. The molecule has 10 nitrogen and oxygen atoms in total. The number of unbranched alkanes of at least 4 members (excludes halogenated alkanes) is 3. The zero-order chi connectivity index (χ0) is 46.3. The van der Waals surface area contributed by atoms with Crippen molar-refractivity contribution in [3.05, 3.63) is 107 Å². The predicted molar refractivity (Wildman–Crippen MR) is 255 cm³/mol. The van der Waals surface area contributed by atoms with E-state index in [1.54, 1.807) is 12.3 Å². The number of hydrogen-bond acceptors (Lipinski definition) is 8. The minimum Gasteiger partial charge on any atom is -0.872 e. The van der Waals surface area contributed by atoms with E-state index in [0.717, 1.165) is 55.3 Å². The van der Waals surface area contributed by atoms with Crippen molar-refractivity contribution in [2.24, 2.45) is 35.5 Å². The number of fused-ring (bicyclic) bond motifs is 1. The van der Waals surface area contributed by atoms with Crippen molar-refractivity contribution in [2.45, 2.75) is 160 Å². The fraction of sp³-hybridized carbons (Fsp3) is 0.564. The first-order valence-corrected chi connectivity index (χ1v) is 24.7. The number of allylic oxidation sites excluding steroid dienone is 1. The maximum absolute atomic E-state index is 13.6. The number of rotatable bonds is 17. The zero-order valence-electron chi connectivity index (χ0n) is 38.9. The van der Waals surface area contributed by atoms with Gasteiger partial charge in [0.05, 0.1) is 23.7 Å². The Hall–Kier alpha value is -4.64. The average Bonchev–Trinajstić information content (AvgIpc) is 3.88. The first-order valence-electron chi connectivity index (χ1n) is 24.7. The summed E-state index contributed by atoms with van der Waals surface area (Å²) >= 11 is 0. The summed E-state index contributed by atoms with van der Waals surface area (Å²) in [5, 5.41) is 70.7. The first kappa shape index (κ1) is 48.3. The van der Waals surface area contributed by atoms with Gasteiger partial charge in [0, 0.05) is 35.0 Å². The molecule has 3 aliphatic carbocycles. The summed E-state index contributed by atoms with van der Waals surface area (Å²) in [4.78, 5) is 21.0. The van der Waals surface area contributed by atoms with Crippen LogP contribution in [0, 0.1) is 35.5 Å². The fourth-order valence-corrected chi connectivity index (χ4v) is 12.0. The Kier molecular flexibility index (Phi) is 16.2. The molecule has 2 aromatic carbocycles. The van der Waals surface area contributed by atoms with Gasteiger partial charge in [-0.1, -0.05) is 89.3 Å². The van der Waals surface area contributed by atoms with Gasteiger partial charge >= 0.3 is 5.97 Å². The minimum absolute atomic E-state index is 0.0977. The van der Waals surface area contributed by atoms with Crippen LogP contribution < -0.4 is 10.8 Å². The number of H-pyrrole nitrogens is 1. The summed E-state index contributed by atoms with van der Waals surface area (Å²) in [7, 11) is 0. The van der Waals surface area contributed by atoms with Crippen molar-refractivity contribution in [3.63, 3.8) is 0 Å². The topological polar surface area (TPSA) is 196 Å². The molecule has 0 amide bonds. The number of aliphatic hydroxyl groups excluding tert-OH is 2. The van der Waals surface area contributed by atoms with Gasteiger partial charge in [0.2, 0.25) is 0 Å². The molecule has 10 unspecified atom stereocenters. The summed E-state index contributed by atoms with van der Waals surface area (Å²) in [5.41, 5.74) is 11.0. The third kappa shape index (κ3) is 12.0. The molecule has 352 valence electrons. The number of aliphatic hydroxyl groups is 3. The Morgan fingerprint density at radius 1 is 0.908 bits per heavy atom. The highest BCUT2D eigenvalue weighted by molar-refractivity contribution is 5.71. The summed E-state index contributed by atoms with van der Waals surface area (Å²) in [6, 6.07) is 19.1. The number of phenols is 1. The van der Waals surface area contributed by atoms with Gasteiger partial charge in [0.15, 0.2) is 0 Å². The number of pyridine rings is 1. The number of nitrogens with two attached hydrogens (primary N) is 1. The third-order valence-electron chi connectivity index (χ3n) is 15.5. The highest BCUT2D eigenvalue weighted by atomic mass is 16.4. The highest BCUT2D eigenvalue weighted by Crippen LogP contribution is 2.53. The molecule has 2 saturated carbocycles.